The fourth-order valence-corrected chi connectivity index (χ4v) is 3.90. The molecule has 0 N–H and O–H groups in total. The molecule has 0 aliphatic carbocycles. The van der Waals surface area contributed by atoms with E-state index in [4.69, 9.17) is 4.74 Å². The second-order valence-electron chi connectivity index (χ2n) is 4.79. The molecule has 0 bridgehead atoms. The van der Waals surface area contributed by atoms with Crippen molar-refractivity contribution in [2.45, 2.75) is 0 Å². The Hall–Kier alpha value is -1.91. The molecule has 0 unspecified atom stereocenters. The molecule has 3 aromatic rings. The second kappa shape index (κ2) is 5.47. The summed E-state index contributed by atoms with van der Waals surface area (Å²) in [7, 11) is 0. The minimum atomic E-state index is 0.677. The molecule has 4 heteroatoms. The van der Waals surface area contributed by atoms with E-state index in [1.165, 1.54) is 22.3 Å². The molecule has 0 amide bonds. The van der Waals surface area contributed by atoms with E-state index in [0.717, 1.165) is 18.0 Å². The van der Waals surface area contributed by atoms with Gasteiger partial charge in [-0.1, -0.05) is 18.2 Å². The average molecular weight is 311 g/mol. The number of hydrogen-bond donors (Lipinski definition) is 0. The van der Waals surface area contributed by atoms with Crippen molar-refractivity contribution in [1.82, 2.24) is 0 Å². The maximum absolute atomic E-state index is 5.77. The first-order valence-corrected chi connectivity index (χ1v) is 8.68. The number of nitrogens with zero attached hydrogens (tertiary/aromatic N) is 1. The molecule has 4 rings (SSSR count). The van der Waals surface area contributed by atoms with E-state index in [2.05, 4.69) is 56.8 Å². The van der Waals surface area contributed by atoms with Crippen LogP contribution in [-0.4, -0.2) is 19.0 Å². The van der Waals surface area contributed by atoms with Gasteiger partial charge in [-0.15, -0.1) is 0 Å². The predicted molar refractivity (Wildman–Crippen MR) is 90.4 cm³/mol. The Morgan fingerprint density at radius 2 is 1.57 bits per heavy atom. The molecule has 0 spiro atoms. The van der Waals surface area contributed by atoms with Gasteiger partial charge in [0.15, 0.2) is 0 Å². The van der Waals surface area contributed by atoms with E-state index >= 15 is 0 Å². The van der Waals surface area contributed by atoms with Crippen molar-refractivity contribution in [2.75, 3.05) is 13.2 Å². The zero-order chi connectivity index (χ0) is 14.1. The predicted octanol–water partition coefficient (Wildman–Crippen LogP) is 4.92. The van der Waals surface area contributed by atoms with Gasteiger partial charge in [0.25, 0.3) is 0 Å². The minimum absolute atomic E-state index is 0.677. The van der Waals surface area contributed by atoms with Crippen LogP contribution in [0.3, 0.4) is 0 Å². The van der Waals surface area contributed by atoms with Crippen molar-refractivity contribution in [2.24, 2.45) is 4.99 Å². The van der Waals surface area contributed by atoms with E-state index < -0.39 is 0 Å². The van der Waals surface area contributed by atoms with Gasteiger partial charge < -0.3 is 4.74 Å². The van der Waals surface area contributed by atoms with Crippen LogP contribution in [0.4, 0.5) is 0 Å². The van der Waals surface area contributed by atoms with Crippen LogP contribution in [-0.2, 0) is 4.74 Å². The molecule has 0 radical (unpaired) electrons. The normalized spacial score (nSPS) is 14.0. The van der Waals surface area contributed by atoms with Gasteiger partial charge in [0, 0.05) is 0 Å². The Labute approximate surface area is 131 Å². The summed E-state index contributed by atoms with van der Waals surface area (Å²) in [6.45, 7) is 1.42. The molecule has 0 saturated carbocycles. The van der Waals surface area contributed by atoms with E-state index in [9.17, 15) is 0 Å². The largest absolute Gasteiger partial charge is 0.475 e. The first-order chi connectivity index (χ1) is 10.4. The van der Waals surface area contributed by atoms with Gasteiger partial charge in [-0.3, -0.25) is 0 Å². The Kier molecular flexibility index (Phi) is 3.33. The first-order valence-electron chi connectivity index (χ1n) is 6.79. The lowest BCUT2D eigenvalue weighted by Crippen LogP contribution is -2.05. The highest BCUT2D eigenvalue weighted by Crippen LogP contribution is 2.35. The van der Waals surface area contributed by atoms with E-state index in [0.29, 0.717) is 6.61 Å². The fourth-order valence-electron chi connectivity index (χ4n) is 2.59. The summed E-state index contributed by atoms with van der Waals surface area (Å²) < 4.78 is 5.77. The summed E-state index contributed by atoms with van der Waals surface area (Å²) in [4.78, 5) is 4.55. The van der Waals surface area contributed by atoms with Crippen molar-refractivity contribution >= 4 is 28.6 Å². The topological polar surface area (TPSA) is 21.6 Å². The molecule has 1 aliphatic rings. The minimum Gasteiger partial charge on any atom is -0.475 e. The van der Waals surface area contributed by atoms with Gasteiger partial charge in [0.1, 0.15) is 6.61 Å². The smallest absolute Gasteiger partial charge is 0.217 e. The van der Waals surface area contributed by atoms with Crippen molar-refractivity contribution in [3.63, 3.8) is 0 Å². The summed E-state index contributed by atoms with van der Waals surface area (Å²) in [5.74, 6) is 0.776. The highest BCUT2D eigenvalue weighted by molar-refractivity contribution is 7.08. The third-order valence-electron chi connectivity index (χ3n) is 3.53. The van der Waals surface area contributed by atoms with Crippen LogP contribution in [0.25, 0.3) is 22.3 Å². The third kappa shape index (κ3) is 2.30. The number of rotatable bonds is 3. The van der Waals surface area contributed by atoms with Crippen LogP contribution < -0.4 is 0 Å². The third-order valence-corrected chi connectivity index (χ3v) is 4.89. The Balaban J connectivity index is 1.97. The van der Waals surface area contributed by atoms with Crippen molar-refractivity contribution in [3.8, 4) is 22.3 Å². The fraction of sp³-hybridized carbons (Fsp3) is 0.118. The van der Waals surface area contributed by atoms with Crippen LogP contribution in [0.2, 0.25) is 0 Å². The van der Waals surface area contributed by atoms with E-state index in [-0.39, 0.29) is 0 Å². The average Bonchev–Trinajstić information content (AvgIpc) is 3.28. The molecule has 21 heavy (non-hydrogen) atoms. The van der Waals surface area contributed by atoms with Gasteiger partial charge in [-0.05, 0) is 55.9 Å². The Morgan fingerprint density at radius 1 is 0.905 bits per heavy atom. The highest BCUT2D eigenvalue weighted by Gasteiger charge is 2.20. The van der Waals surface area contributed by atoms with Crippen LogP contribution >= 0.6 is 22.7 Å². The molecular weight excluding hydrogens is 298 g/mol. The van der Waals surface area contributed by atoms with Gasteiger partial charge >= 0.3 is 0 Å². The number of benzene rings is 1. The summed E-state index contributed by atoms with van der Waals surface area (Å²) in [6, 6.07) is 10.7. The van der Waals surface area contributed by atoms with Gasteiger partial charge in [-0.25, -0.2) is 4.99 Å². The zero-order valence-electron chi connectivity index (χ0n) is 11.3. The summed E-state index contributed by atoms with van der Waals surface area (Å²) in [5, 5.41) is 8.55. The van der Waals surface area contributed by atoms with Crippen LogP contribution in [0, 0.1) is 0 Å². The molecule has 2 nitrogen and oxygen atoms in total. The van der Waals surface area contributed by atoms with Crippen molar-refractivity contribution in [3.05, 3.63) is 57.4 Å². The molecule has 0 atom stereocenters. The maximum atomic E-state index is 5.77. The van der Waals surface area contributed by atoms with Crippen LogP contribution in [0.15, 0.2) is 56.8 Å². The molecule has 1 aromatic carbocycles. The summed E-state index contributed by atoms with van der Waals surface area (Å²) in [6.07, 6.45) is 0. The van der Waals surface area contributed by atoms with Gasteiger partial charge in [0.05, 0.1) is 12.1 Å². The lowest BCUT2D eigenvalue weighted by molar-refractivity contribution is 0.348. The van der Waals surface area contributed by atoms with Crippen molar-refractivity contribution in [1.29, 1.82) is 0 Å². The molecule has 0 saturated heterocycles. The lowest BCUT2D eigenvalue weighted by Gasteiger charge is -2.13. The van der Waals surface area contributed by atoms with Gasteiger partial charge in [0.2, 0.25) is 5.90 Å². The van der Waals surface area contributed by atoms with E-state index in [1.807, 2.05) is 0 Å². The molecule has 3 heterocycles. The lowest BCUT2D eigenvalue weighted by atomic mass is 9.94. The summed E-state index contributed by atoms with van der Waals surface area (Å²) in [5.41, 5.74) is 5.96. The zero-order valence-corrected chi connectivity index (χ0v) is 12.9. The molecule has 0 fully saturated rings. The first kappa shape index (κ1) is 12.8. The SMILES string of the molecule is c1cc(-c2ccsc2)c(C2=NCCO2)c(-c2ccsc2)c1. The number of thiophene rings is 2. The molecule has 2 aromatic heterocycles. The van der Waals surface area contributed by atoms with Gasteiger partial charge in [-0.2, -0.15) is 22.7 Å². The molecule has 1 aliphatic heterocycles. The summed E-state index contributed by atoms with van der Waals surface area (Å²) >= 11 is 3.42. The monoisotopic (exact) mass is 311 g/mol. The number of ether oxygens (including phenoxy) is 1. The Morgan fingerprint density at radius 3 is 2.05 bits per heavy atom. The molecular formula is C17H13NOS2. The molecule has 104 valence electrons. The van der Waals surface area contributed by atoms with Crippen LogP contribution in [0.5, 0.6) is 0 Å². The maximum Gasteiger partial charge on any atom is 0.217 e. The van der Waals surface area contributed by atoms with E-state index in [1.54, 1.807) is 22.7 Å². The van der Waals surface area contributed by atoms with Crippen molar-refractivity contribution < 1.29 is 4.74 Å². The number of hydrogen-bond acceptors (Lipinski definition) is 4. The Bertz CT molecular complexity index is 721. The standard InChI is InChI=1S/C17H13NOS2/c1-2-14(12-4-8-20-10-12)16(17-18-6-7-19-17)15(3-1)13-5-9-21-11-13/h1-5,8-11H,6-7H2. The number of aliphatic imine (C=N–C) groups is 1. The quantitative estimate of drug-likeness (QED) is 0.673. The second-order valence-corrected chi connectivity index (χ2v) is 6.35. The van der Waals surface area contributed by atoms with Crippen LogP contribution in [0.1, 0.15) is 5.56 Å². The highest BCUT2D eigenvalue weighted by atomic mass is 32.1.